The second-order valence-electron chi connectivity index (χ2n) is 5.75. The number of ether oxygens (including phenoxy) is 1. The molecule has 0 radical (unpaired) electrons. The van der Waals surface area contributed by atoms with Gasteiger partial charge in [0.2, 0.25) is 0 Å². The number of hydrogen-bond acceptors (Lipinski definition) is 4. The molecule has 1 aliphatic rings. The van der Waals surface area contributed by atoms with Gasteiger partial charge in [-0.25, -0.2) is 0 Å². The molecule has 0 amide bonds. The van der Waals surface area contributed by atoms with E-state index in [2.05, 4.69) is 23.9 Å². The lowest BCUT2D eigenvalue weighted by atomic mass is 10.1. The Morgan fingerprint density at radius 3 is 2.60 bits per heavy atom. The zero-order chi connectivity index (χ0) is 15.2. The van der Waals surface area contributed by atoms with Crippen LogP contribution < -0.4 is 10.0 Å². The Balaban J connectivity index is 2.34. The first-order valence-corrected chi connectivity index (χ1v) is 8.85. The van der Waals surface area contributed by atoms with Crippen molar-refractivity contribution in [2.45, 2.75) is 58.2 Å². The Labute approximate surface area is 123 Å². The van der Waals surface area contributed by atoms with Gasteiger partial charge in [-0.05, 0) is 32.7 Å². The van der Waals surface area contributed by atoms with Crippen LogP contribution in [0.3, 0.4) is 0 Å². The monoisotopic (exact) mass is 307 g/mol. The molecule has 0 aromatic rings. The van der Waals surface area contributed by atoms with Crippen LogP contribution in [0.15, 0.2) is 0 Å². The highest BCUT2D eigenvalue weighted by molar-refractivity contribution is 7.87. The summed E-state index contributed by atoms with van der Waals surface area (Å²) in [7, 11) is -1.81. The van der Waals surface area contributed by atoms with Crippen LogP contribution in [0.5, 0.6) is 0 Å². The van der Waals surface area contributed by atoms with Gasteiger partial charge in [-0.3, -0.25) is 0 Å². The van der Waals surface area contributed by atoms with Crippen molar-refractivity contribution < 1.29 is 13.2 Å². The van der Waals surface area contributed by atoms with E-state index in [1.54, 1.807) is 7.05 Å². The van der Waals surface area contributed by atoms with Gasteiger partial charge in [0.25, 0.3) is 10.2 Å². The van der Waals surface area contributed by atoms with E-state index in [9.17, 15) is 8.42 Å². The van der Waals surface area contributed by atoms with Gasteiger partial charge in [0, 0.05) is 32.3 Å². The molecular weight excluding hydrogens is 278 g/mol. The van der Waals surface area contributed by atoms with E-state index in [1.807, 2.05) is 6.92 Å². The van der Waals surface area contributed by atoms with Crippen molar-refractivity contribution in [3.63, 3.8) is 0 Å². The van der Waals surface area contributed by atoms with E-state index in [0.29, 0.717) is 12.6 Å². The molecule has 120 valence electrons. The molecular formula is C13H29N3O3S. The first-order valence-electron chi connectivity index (χ1n) is 7.41. The van der Waals surface area contributed by atoms with Crippen molar-refractivity contribution in [3.05, 3.63) is 0 Å². The molecule has 2 N–H and O–H groups in total. The van der Waals surface area contributed by atoms with Gasteiger partial charge >= 0.3 is 0 Å². The Kier molecular flexibility index (Phi) is 7.39. The second-order valence-corrected chi connectivity index (χ2v) is 7.56. The van der Waals surface area contributed by atoms with E-state index in [-0.39, 0.29) is 12.1 Å². The molecule has 0 aliphatic carbocycles. The summed E-state index contributed by atoms with van der Waals surface area (Å²) in [6.45, 7) is 8.07. The largest absolute Gasteiger partial charge is 0.377 e. The molecule has 6 nitrogen and oxygen atoms in total. The van der Waals surface area contributed by atoms with Crippen LogP contribution in [0.1, 0.15) is 40.0 Å². The fraction of sp³-hybridized carbons (Fsp3) is 1.00. The summed E-state index contributed by atoms with van der Waals surface area (Å²) in [5.74, 6) is 0. The molecule has 0 aromatic heterocycles. The summed E-state index contributed by atoms with van der Waals surface area (Å²) in [6.07, 6.45) is 2.73. The Bertz CT molecular complexity index is 367. The zero-order valence-electron chi connectivity index (χ0n) is 13.1. The first kappa shape index (κ1) is 17.8. The second kappa shape index (κ2) is 8.29. The first-order chi connectivity index (χ1) is 9.33. The molecule has 20 heavy (non-hydrogen) atoms. The van der Waals surface area contributed by atoms with E-state index in [0.717, 1.165) is 32.4 Å². The van der Waals surface area contributed by atoms with Crippen LogP contribution in [-0.2, 0) is 14.9 Å². The van der Waals surface area contributed by atoms with Crippen molar-refractivity contribution in [2.24, 2.45) is 0 Å². The van der Waals surface area contributed by atoms with Crippen molar-refractivity contribution in [1.29, 1.82) is 0 Å². The maximum atomic E-state index is 12.2. The minimum absolute atomic E-state index is 0.000725. The van der Waals surface area contributed by atoms with Gasteiger partial charge in [0.05, 0.1) is 6.10 Å². The highest BCUT2D eigenvalue weighted by atomic mass is 32.2. The summed E-state index contributed by atoms with van der Waals surface area (Å²) < 4.78 is 33.9. The van der Waals surface area contributed by atoms with Gasteiger partial charge < -0.3 is 10.1 Å². The summed E-state index contributed by atoms with van der Waals surface area (Å²) in [5.41, 5.74) is 0. The molecule has 2 unspecified atom stereocenters. The highest BCUT2D eigenvalue weighted by Gasteiger charge is 2.27. The van der Waals surface area contributed by atoms with Crippen LogP contribution in [0.25, 0.3) is 0 Å². The standard InChI is InChI=1S/C13H29N3O3S/c1-11(2)14-8-6-9-16(4)20(17,18)15-12(3)13-7-5-10-19-13/h11-15H,5-10H2,1-4H3. The maximum absolute atomic E-state index is 12.2. The molecule has 0 saturated carbocycles. The van der Waals surface area contributed by atoms with E-state index >= 15 is 0 Å². The summed E-state index contributed by atoms with van der Waals surface area (Å²) >= 11 is 0. The van der Waals surface area contributed by atoms with Crippen LogP contribution >= 0.6 is 0 Å². The van der Waals surface area contributed by atoms with Gasteiger partial charge in [-0.15, -0.1) is 0 Å². The Hall–Kier alpha value is -0.210. The van der Waals surface area contributed by atoms with Crippen LogP contribution in [0, 0.1) is 0 Å². The lowest BCUT2D eigenvalue weighted by Gasteiger charge is -2.24. The highest BCUT2D eigenvalue weighted by Crippen LogP contribution is 2.16. The maximum Gasteiger partial charge on any atom is 0.279 e. The van der Waals surface area contributed by atoms with Crippen molar-refractivity contribution >= 4 is 10.2 Å². The third kappa shape index (κ3) is 6.05. The van der Waals surface area contributed by atoms with Gasteiger partial charge in [-0.1, -0.05) is 13.8 Å². The number of nitrogens with one attached hydrogen (secondary N) is 2. The van der Waals surface area contributed by atoms with Crippen LogP contribution in [-0.4, -0.2) is 57.7 Å². The minimum atomic E-state index is -3.42. The minimum Gasteiger partial charge on any atom is -0.377 e. The van der Waals surface area contributed by atoms with Crippen LogP contribution in [0.4, 0.5) is 0 Å². The lowest BCUT2D eigenvalue weighted by molar-refractivity contribution is 0.0897. The molecule has 1 saturated heterocycles. The molecule has 0 bridgehead atoms. The third-order valence-corrected chi connectivity index (χ3v) is 5.14. The number of nitrogens with zero attached hydrogens (tertiary/aromatic N) is 1. The summed E-state index contributed by atoms with van der Waals surface area (Å²) in [4.78, 5) is 0. The van der Waals surface area contributed by atoms with Crippen molar-refractivity contribution in [2.75, 3.05) is 26.7 Å². The smallest absolute Gasteiger partial charge is 0.279 e. The quantitative estimate of drug-likeness (QED) is 0.616. The predicted octanol–water partition coefficient (Wildman–Crippen LogP) is 0.708. The predicted molar refractivity (Wildman–Crippen MR) is 80.9 cm³/mol. The fourth-order valence-corrected chi connectivity index (χ4v) is 3.38. The topological polar surface area (TPSA) is 70.7 Å². The summed E-state index contributed by atoms with van der Waals surface area (Å²) in [6, 6.07) is 0.244. The van der Waals surface area contributed by atoms with Gasteiger partial charge in [0.1, 0.15) is 0 Å². The number of hydrogen-bond donors (Lipinski definition) is 2. The SMILES string of the molecule is CC(C)NCCCN(C)S(=O)(=O)NC(C)C1CCCO1. The van der Waals surface area contributed by atoms with E-state index < -0.39 is 10.2 Å². The number of rotatable bonds is 9. The molecule has 7 heteroatoms. The Morgan fingerprint density at radius 1 is 1.35 bits per heavy atom. The van der Waals surface area contributed by atoms with E-state index in [4.69, 9.17) is 4.74 Å². The molecule has 0 aromatic carbocycles. The Morgan fingerprint density at radius 2 is 2.05 bits per heavy atom. The molecule has 1 fully saturated rings. The molecule has 1 rings (SSSR count). The average Bonchev–Trinajstić information content (AvgIpc) is 2.87. The van der Waals surface area contributed by atoms with Gasteiger partial charge in [-0.2, -0.15) is 17.4 Å². The summed E-state index contributed by atoms with van der Waals surface area (Å²) in [5, 5.41) is 3.28. The fourth-order valence-electron chi connectivity index (χ4n) is 2.21. The van der Waals surface area contributed by atoms with Gasteiger partial charge in [0.15, 0.2) is 0 Å². The third-order valence-electron chi connectivity index (χ3n) is 3.47. The normalized spacial score (nSPS) is 21.8. The van der Waals surface area contributed by atoms with Crippen LogP contribution in [0.2, 0.25) is 0 Å². The molecule has 0 spiro atoms. The average molecular weight is 307 g/mol. The van der Waals surface area contributed by atoms with Crippen molar-refractivity contribution in [1.82, 2.24) is 14.3 Å². The molecule has 1 aliphatic heterocycles. The zero-order valence-corrected chi connectivity index (χ0v) is 13.9. The van der Waals surface area contributed by atoms with Crippen molar-refractivity contribution in [3.8, 4) is 0 Å². The van der Waals surface area contributed by atoms with E-state index in [1.165, 1.54) is 4.31 Å². The molecule has 1 heterocycles. The molecule has 2 atom stereocenters. The lowest BCUT2D eigenvalue weighted by Crippen LogP contribution is -2.47.